The van der Waals surface area contributed by atoms with E-state index in [2.05, 4.69) is 6.92 Å². The molecular weight excluding hydrogens is 284 g/mol. The van der Waals surface area contributed by atoms with E-state index in [4.69, 9.17) is 18.9 Å². The number of hydrogen-bond donors (Lipinski definition) is 0. The zero-order chi connectivity index (χ0) is 16.0. The molecule has 0 bridgehead atoms. The first-order valence-electron chi connectivity index (χ1n) is 8.75. The molecule has 2 atom stereocenters. The van der Waals surface area contributed by atoms with Crippen LogP contribution in [-0.2, 0) is 23.7 Å². The number of ether oxygens (including phenoxy) is 4. The molecule has 1 saturated heterocycles. The highest BCUT2D eigenvalue weighted by Crippen LogP contribution is 2.11. The van der Waals surface area contributed by atoms with Crippen molar-refractivity contribution < 1.29 is 23.7 Å². The van der Waals surface area contributed by atoms with Crippen molar-refractivity contribution in [3.8, 4) is 0 Å². The number of rotatable bonds is 15. The summed E-state index contributed by atoms with van der Waals surface area (Å²) in [5.74, 6) is -0.215. The fraction of sp³-hybridized carbons (Fsp3) is 0.941. The highest BCUT2D eigenvalue weighted by atomic mass is 16.7. The second-order valence-electron chi connectivity index (χ2n) is 5.77. The summed E-state index contributed by atoms with van der Waals surface area (Å²) in [6.07, 6.45) is 8.55. The first kappa shape index (κ1) is 19.4. The molecule has 0 amide bonds. The minimum absolute atomic E-state index is 0.110. The van der Waals surface area contributed by atoms with E-state index in [-0.39, 0.29) is 18.4 Å². The molecule has 22 heavy (non-hydrogen) atoms. The molecule has 5 heteroatoms. The van der Waals surface area contributed by atoms with Gasteiger partial charge in [-0.25, -0.2) is 4.79 Å². The lowest BCUT2D eigenvalue weighted by molar-refractivity contribution is -0.145. The molecule has 0 aliphatic carbocycles. The predicted octanol–water partition coefficient (Wildman–Crippen LogP) is 3.45. The normalized spacial score (nSPS) is 18.2. The Morgan fingerprint density at radius 1 is 1.00 bits per heavy atom. The van der Waals surface area contributed by atoms with E-state index in [9.17, 15) is 4.79 Å². The Hall–Kier alpha value is -0.650. The van der Waals surface area contributed by atoms with Crippen LogP contribution in [0.15, 0.2) is 0 Å². The second kappa shape index (κ2) is 12.9. The number of hydrogen-bond acceptors (Lipinski definition) is 5. The number of unbranched alkanes of at least 4 members (excludes halogenated alkanes) is 6. The highest BCUT2D eigenvalue weighted by Gasteiger charge is 2.32. The maximum Gasteiger partial charge on any atom is 0.337 e. The van der Waals surface area contributed by atoms with Crippen LogP contribution in [0, 0.1) is 0 Å². The summed E-state index contributed by atoms with van der Waals surface area (Å²) >= 11 is 0. The van der Waals surface area contributed by atoms with Crippen LogP contribution < -0.4 is 0 Å². The van der Waals surface area contributed by atoms with Gasteiger partial charge in [0, 0.05) is 13.2 Å². The molecule has 0 aromatic heterocycles. The van der Waals surface area contributed by atoms with E-state index in [1.807, 2.05) is 6.92 Å². The van der Waals surface area contributed by atoms with Crippen LogP contribution in [0.3, 0.4) is 0 Å². The van der Waals surface area contributed by atoms with Gasteiger partial charge in [-0.05, 0) is 32.6 Å². The number of epoxide rings is 1. The molecule has 1 aliphatic rings. The first-order valence-corrected chi connectivity index (χ1v) is 8.75. The summed E-state index contributed by atoms with van der Waals surface area (Å²) in [4.78, 5) is 11.2. The SMILES string of the molecule is CCCCCCOC(C)OCCCCCCOC(=O)C1CO1. The summed E-state index contributed by atoms with van der Waals surface area (Å²) in [5.41, 5.74) is 0. The lowest BCUT2D eigenvalue weighted by atomic mass is 10.2. The third-order valence-corrected chi connectivity index (χ3v) is 3.58. The van der Waals surface area contributed by atoms with Crippen LogP contribution in [0.25, 0.3) is 0 Å². The summed E-state index contributed by atoms with van der Waals surface area (Å²) < 4.78 is 21.1. The average molecular weight is 316 g/mol. The molecule has 0 saturated carbocycles. The minimum atomic E-state index is -0.281. The summed E-state index contributed by atoms with van der Waals surface area (Å²) in [7, 11) is 0. The number of carbonyl (C=O) groups excluding carboxylic acids is 1. The van der Waals surface area contributed by atoms with Crippen molar-refractivity contribution in [3.63, 3.8) is 0 Å². The molecule has 5 nitrogen and oxygen atoms in total. The van der Waals surface area contributed by atoms with Crippen LogP contribution in [-0.4, -0.2) is 44.8 Å². The summed E-state index contributed by atoms with van der Waals surface area (Å²) in [5, 5.41) is 0. The van der Waals surface area contributed by atoms with E-state index < -0.39 is 0 Å². The fourth-order valence-electron chi connectivity index (χ4n) is 2.08. The zero-order valence-corrected chi connectivity index (χ0v) is 14.2. The molecule has 0 aromatic rings. The Labute approximate surface area is 134 Å². The molecule has 130 valence electrons. The molecule has 1 heterocycles. The molecule has 2 unspecified atom stereocenters. The van der Waals surface area contributed by atoms with Gasteiger partial charge in [-0.3, -0.25) is 0 Å². The van der Waals surface area contributed by atoms with Gasteiger partial charge >= 0.3 is 5.97 Å². The summed E-state index contributed by atoms with van der Waals surface area (Å²) in [6.45, 7) is 6.70. The highest BCUT2D eigenvalue weighted by molar-refractivity contribution is 5.76. The molecule has 0 spiro atoms. The maximum atomic E-state index is 11.2. The monoisotopic (exact) mass is 316 g/mol. The van der Waals surface area contributed by atoms with Gasteiger partial charge in [-0.2, -0.15) is 0 Å². The summed E-state index contributed by atoms with van der Waals surface area (Å²) in [6, 6.07) is 0. The van der Waals surface area contributed by atoms with E-state index in [0.717, 1.165) is 45.3 Å². The van der Waals surface area contributed by atoms with Crippen LogP contribution in [0.1, 0.15) is 65.2 Å². The third kappa shape index (κ3) is 11.0. The number of esters is 1. The Kier molecular flexibility index (Phi) is 11.3. The van der Waals surface area contributed by atoms with E-state index in [0.29, 0.717) is 13.2 Å². The molecular formula is C17H32O5. The molecule has 1 rings (SSSR count). The van der Waals surface area contributed by atoms with Gasteiger partial charge < -0.3 is 18.9 Å². The molecule has 1 aliphatic heterocycles. The van der Waals surface area contributed by atoms with Crippen molar-refractivity contribution in [2.75, 3.05) is 26.4 Å². The Bertz CT molecular complexity index is 278. The van der Waals surface area contributed by atoms with Crippen molar-refractivity contribution in [2.24, 2.45) is 0 Å². The van der Waals surface area contributed by atoms with Gasteiger partial charge in [0.2, 0.25) is 0 Å². The van der Waals surface area contributed by atoms with Crippen molar-refractivity contribution in [1.29, 1.82) is 0 Å². The Morgan fingerprint density at radius 2 is 1.55 bits per heavy atom. The maximum absolute atomic E-state index is 11.2. The standard InChI is InChI=1S/C17H32O5/c1-3-4-5-8-11-19-15(2)20-12-9-6-7-10-13-21-17(18)16-14-22-16/h15-16H,3-14H2,1-2H3. The largest absolute Gasteiger partial charge is 0.464 e. The quantitative estimate of drug-likeness (QED) is 0.200. The molecule has 1 fully saturated rings. The van der Waals surface area contributed by atoms with Gasteiger partial charge in [-0.15, -0.1) is 0 Å². The first-order chi connectivity index (χ1) is 10.7. The van der Waals surface area contributed by atoms with Crippen molar-refractivity contribution >= 4 is 5.97 Å². The Morgan fingerprint density at radius 3 is 2.09 bits per heavy atom. The lowest BCUT2D eigenvalue weighted by Crippen LogP contribution is -2.14. The van der Waals surface area contributed by atoms with Crippen LogP contribution in [0.5, 0.6) is 0 Å². The van der Waals surface area contributed by atoms with E-state index in [1.54, 1.807) is 0 Å². The van der Waals surface area contributed by atoms with Crippen molar-refractivity contribution in [2.45, 2.75) is 77.6 Å². The lowest BCUT2D eigenvalue weighted by Gasteiger charge is -2.14. The van der Waals surface area contributed by atoms with Gasteiger partial charge in [0.25, 0.3) is 0 Å². The van der Waals surface area contributed by atoms with Crippen molar-refractivity contribution in [3.05, 3.63) is 0 Å². The van der Waals surface area contributed by atoms with Gasteiger partial charge in [0.1, 0.15) is 0 Å². The van der Waals surface area contributed by atoms with Gasteiger partial charge in [-0.1, -0.05) is 32.6 Å². The van der Waals surface area contributed by atoms with Gasteiger partial charge in [0.05, 0.1) is 13.2 Å². The van der Waals surface area contributed by atoms with Crippen molar-refractivity contribution in [1.82, 2.24) is 0 Å². The predicted molar refractivity (Wildman–Crippen MR) is 84.7 cm³/mol. The zero-order valence-electron chi connectivity index (χ0n) is 14.2. The van der Waals surface area contributed by atoms with E-state index in [1.165, 1.54) is 19.3 Å². The van der Waals surface area contributed by atoms with Crippen LogP contribution in [0.4, 0.5) is 0 Å². The van der Waals surface area contributed by atoms with E-state index >= 15 is 0 Å². The average Bonchev–Trinajstić information content (AvgIpc) is 3.34. The Balaban J connectivity index is 1.75. The molecule has 0 N–H and O–H groups in total. The molecule has 0 aromatic carbocycles. The second-order valence-corrected chi connectivity index (χ2v) is 5.77. The fourth-order valence-corrected chi connectivity index (χ4v) is 2.08. The number of carbonyl (C=O) groups is 1. The third-order valence-electron chi connectivity index (χ3n) is 3.58. The molecule has 0 radical (unpaired) electrons. The van der Waals surface area contributed by atoms with Crippen LogP contribution >= 0.6 is 0 Å². The van der Waals surface area contributed by atoms with Crippen LogP contribution in [0.2, 0.25) is 0 Å². The van der Waals surface area contributed by atoms with Gasteiger partial charge in [0.15, 0.2) is 12.4 Å². The topological polar surface area (TPSA) is 57.3 Å². The smallest absolute Gasteiger partial charge is 0.337 e. The minimum Gasteiger partial charge on any atom is -0.464 e.